The topological polar surface area (TPSA) is 63.6 Å². The molecule has 0 spiro atoms. The molecule has 0 aliphatic rings. The molecule has 1 N–H and O–H groups in total. The molecule has 9 heavy (non-hydrogen) atoms. The lowest BCUT2D eigenvalue weighted by Crippen LogP contribution is -1.98. The first kappa shape index (κ1) is 9.08. The fraction of sp³-hybridized carbons (Fsp3) is 1.00. The predicted octanol–water partition coefficient (Wildman–Crippen LogP) is 0.677. The van der Waals surface area contributed by atoms with E-state index in [4.69, 9.17) is 4.55 Å². The van der Waals surface area contributed by atoms with Gasteiger partial charge in [0.1, 0.15) is 0 Å². The lowest BCUT2D eigenvalue weighted by atomic mass is 11.7. The van der Waals surface area contributed by atoms with Gasteiger partial charge < -0.3 is 0 Å². The smallest absolute Gasteiger partial charge is 0.263 e. The SMILES string of the molecule is O=S(=O)(O)OSC(F)F. The van der Waals surface area contributed by atoms with Crippen molar-refractivity contribution in [2.45, 2.75) is 5.76 Å². The lowest BCUT2D eigenvalue weighted by Gasteiger charge is -1.93. The first-order valence-corrected chi connectivity index (χ1v) is 3.69. The third-order valence-corrected chi connectivity index (χ3v) is 1.35. The largest absolute Gasteiger partial charge is 0.408 e. The fourth-order valence-corrected chi connectivity index (χ4v) is 0.714. The Balaban J connectivity index is 3.53. The van der Waals surface area contributed by atoms with Crippen LogP contribution >= 0.6 is 12.0 Å². The summed E-state index contributed by atoms with van der Waals surface area (Å²) in [6, 6.07) is 0. The van der Waals surface area contributed by atoms with Crippen molar-refractivity contribution in [1.29, 1.82) is 0 Å². The van der Waals surface area contributed by atoms with E-state index in [-0.39, 0.29) is 0 Å². The van der Waals surface area contributed by atoms with Crippen molar-refractivity contribution >= 4 is 22.4 Å². The molecule has 0 radical (unpaired) electrons. The Morgan fingerprint density at radius 1 is 1.56 bits per heavy atom. The molecule has 0 atom stereocenters. The summed E-state index contributed by atoms with van der Waals surface area (Å²) in [5.74, 6) is -2.98. The van der Waals surface area contributed by atoms with E-state index in [0.717, 1.165) is 0 Å². The molecule has 0 aromatic rings. The van der Waals surface area contributed by atoms with Crippen molar-refractivity contribution in [2.75, 3.05) is 0 Å². The van der Waals surface area contributed by atoms with E-state index in [2.05, 4.69) is 3.63 Å². The molecule has 0 saturated carbocycles. The van der Waals surface area contributed by atoms with E-state index >= 15 is 0 Å². The van der Waals surface area contributed by atoms with Gasteiger partial charge in [0.15, 0.2) is 0 Å². The molecule has 0 unspecified atom stereocenters. The third-order valence-electron chi connectivity index (χ3n) is 0.198. The third kappa shape index (κ3) is 8.08. The number of alkyl halides is 2. The van der Waals surface area contributed by atoms with E-state index < -0.39 is 28.2 Å². The Morgan fingerprint density at radius 2 is 2.00 bits per heavy atom. The Hall–Kier alpha value is 0.0800. The van der Waals surface area contributed by atoms with E-state index in [1.54, 1.807) is 0 Å². The molecule has 56 valence electrons. The van der Waals surface area contributed by atoms with Gasteiger partial charge in [-0.05, 0) is 0 Å². The highest BCUT2D eigenvalue weighted by Crippen LogP contribution is 2.16. The summed E-state index contributed by atoms with van der Waals surface area (Å²) in [4.78, 5) is 0. The molecule has 8 heteroatoms. The molecule has 4 nitrogen and oxygen atoms in total. The van der Waals surface area contributed by atoms with Crippen LogP contribution in [0.5, 0.6) is 0 Å². The van der Waals surface area contributed by atoms with Crippen LogP contribution in [0.1, 0.15) is 0 Å². The van der Waals surface area contributed by atoms with Gasteiger partial charge in [0.25, 0.3) is 0 Å². The van der Waals surface area contributed by atoms with E-state index in [9.17, 15) is 17.2 Å². The zero-order valence-corrected chi connectivity index (χ0v) is 5.45. The highest BCUT2D eigenvalue weighted by atomic mass is 32.3. The number of halogens is 2. The number of hydrogen-bond donors (Lipinski definition) is 1. The maximum atomic E-state index is 11.0. The second kappa shape index (κ2) is 3.30. The highest BCUT2D eigenvalue weighted by Gasteiger charge is 2.11. The van der Waals surface area contributed by atoms with Crippen molar-refractivity contribution < 1.29 is 25.4 Å². The van der Waals surface area contributed by atoms with Crippen LogP contribution in [0.25, 0.3) is 0 Å². The Kier molecular flexibility index (Phi) is 3.33. The summed E-state index contributed by atoms with van der Waals surface area (Å²) in [6.07, 6.45) is 0. The van der Waals surface area contributed by atoms with Crippen LogP contribution in [-0.4, -0.2) is 18.7 Å². The molecule has 0 aliphatic heterocycles. The summed E-state index contributed by atoms with van der Waals surface area (Å²) in [7, 11) is -4.74. The van der Waals surface area contributed by atoms with Gasteiger partial charge in [0, 0.05) is 0 Å². The second-order valence-electron chi connectivity index (χ2n) is 0.853. The van der Waals surface area contributed by atoms with Gasteiger partial charge in [0.05, 0.1) is 12.0 Å². The molecule has 0 heterocycles. The second-order valence-corrected chi connectivity index (χ2v) is 2.80. The van der Waals surface area contributed by atoms with Crippen LogP contribution in [0.2, 0.25) is 0 Å². The molecular formula is CH2F2O4S2. The van der Waals surface area contributed by atoms with Gasteiger partial charge in [-0.15, -0.1) is 0 Å². The standard InChI is InChI=1S/CH2F2O4S2/c2-1(3)8-7-9(4,5)6/h1H,(H,4,5,6). The van der Waals surface area contributed by atoms with Crippen LogP contribution in [-0.2, 0) is 14.0 Å². The Labute approximate surface area is 54.4 Å². The van der Waals surface area contributed by atoms with Crippen LogP contribution in [0.3, 0.4) is 0 Å². The molecule has 0 saturated heterocycles. The Bertz CT molecular complexity index is 161. The maximum absolute atomic E-state index is 11.0. The molecular weight excluding hydrogens is 178 g/mol. The van der Waals surface area contributed by atoms with Gasteiger partial charge in [-0.3, -0.25) is 4.55 Å². The number of rotatable bonds is 3. The average molecular weight is 180 g/mol. The van der Waals surface area contributed by atoms with Crippen molar-refractivity contribution in [3.63, 3.8) is 0 Å². The van der Waals surface area contributed by atoms with E-state index in [1.165, 1.54) is 0 Å². The van der Waals surface area contributed by atoms with Crippen LogP contribution in [0.15, 0.2) is 0 Å². The fourth-order valence-electron chi connectivity index (χ4n) is 0.0793. The Morgan fingerprint density at radius 3 is 2.11 bits per heavy atom. The zero-order valence-electron chi connectivity index (χ0n) is 3.82. The van der Waals surface area contributed by atoms with Gasteiger partial charge in [0.2, 0.25) is 0 Å². The average Bonchev–Trinajstić information content (AvgIpc) is 1.59. The van der Waals surface area contributed by atoms with Crippen molar-refractivity contribution in [3.05, 3.63) is 0 Å². The minimum atomic E-state index is -4.74. The first-order valence-electron chi connectivity index (χ1n) is 1.52. The zero-order chi connectivity index (χ0) is 7.49. The molecule has 0 aromatic heterocycles. The predicted molar refractivity (Wildman–Crippen MR) is 26.2 cm³/mol. The first-order chi connectivity index (χ1) is 3.92. The van der Waals surface area contributed by atoms with Crippen LogP contribution in [0, 0.1) is 0 Å². The maximum Gasteiger partial charge on any atom is 0.408 e. The molecule has 0 fully saturated rings. The van der Waals surface area contributed by atoms with Crippen LogP contribution < -0.4 is 0 Å². The van der Waals surface area contributed by atoms with Gasteiger partial charge in [-0.2, -0.15) is 20.8 Å². The number of hydrogen-bond acceptors (Lipinski definition) is 4. The summed E-state index contributed by atoms with van der Waals surface area (Å²) in [5, 5.41) is 0. The molecule has 0 aromatic carbocycles. The minimum Gasteiger partial charge on any atom is -0.263 e. The van der Waals surface area contributed by atoms with E-state index in [1.807, 2.05) is 0 Å². The van der Waals surface area contributed by atoms with Crippen molar-refractivity contribution in [1.82, 2.24) is 0 Å². The van der Waals surface area contributed by atoms with Crippen molar-refractivity contribution in [2.24, 2.45) is 0 Å². The lowest BCUT2D eigenvalue weighted by molar-refractivity contribution is 0.242. The van der Waals surface area contributed by atoms with Crippen molar-refractivity contribution in [3.8, 4) is 0 Å². The molecule has 0 amide bonds. The summed E-state index contributed by atoms with van der Waals surface area (Å²) in [6.45, 7) is 0. The minimum absolute atomic E-state index is 0.633. The van der Waals surface area contributed by atoms with Gasteiger partial charge in [-0.25, -0.2) is 0 Å². The molecule has 0 bridgehead atoms. The van der Waals surface area contributed by atoms with Crippen LogP contribution in [0.4, 0.5) is 8.78 Å². The monoisotopic (exact) mass is 180 g/mol. The highest BCUT2D eigenvalue weighted by molar-refractivity contribution is 8.02. The molecule has 0 aliphatic carbocycles. The van der Waals surface area contributed by atoms with Gasteiger partial charge >= 0.3 is 16.2 Å². The quantitative estimate of drug-likeness (QED) is 0.511. The van der Waals surface area contributed by atoms with Gasteiger partial charge in [-0.1, -0.05) is 0 Å². The summed E-state index contributed by atoms with van der Waals surface area (Å²) < 4.78 is 51.9. The summed E-state index contributed by atoms with van der Waals surface area (Å²) in [5.41, 5.74) is 0. The normalized spacial score (nSPS) is 12.4. The summed E-state index contributed by atoms with van der Waals surface area (Å²) >= 11 is -0.633. The van der Waals surface area contributed by atoms with E-state index in [0.29, 0.717) is 0 Å². The molecule has 0 rings (SSSR count).